The van der Waals surface area contributed by atoms with Gasteiger partial charge in [0.1, 0.15) is 0 Å². The fourth-order valence-electron chi connectivity index (χ4n) is 1.79. The molecule has 5 heteroatoms. The standard InChI is InChI=1S/C8H16N2O2.Zn/c9-6-3-1-2-4-8(6,10)5-7(11)12;/h6H,1-5,9-10H2,(H,11,12);. The van der Waals surface area contributed by atoms with Gasteiger partial charge in [-0.2, -0.15) is 0 Å². The summed E-state index contributed by atoms with van der Waals surface area (Å²) in [5, 5.41) is 8.61. The molecule has 2 unspecified atom stereocenters. The van der Waals surface area contributed by atoms with Crippen molar-refractivity contribution in [3.63, 3.8) is 0 Å². The molecule has 0 aromatic rings. The number of carboxylic acids is 1. The van der Waals surface area contributed by atoms with Crippen LogP contribution in [0.3, 0.4) is 0 Å². The van der Waals surface area contributed by atoms with Crippen LogP contribution in [0.1, 0.15) is 32.1 Å². The summed E-state index contributed by atoms with van der Waals surface area (Å²) >= 11 is 0. The molecule has 0 amide bonds. The van der Waals surface area contributed by atoms with Gasteiger partial charge in [-0.1, -0.05) is 12.8 Å². The molecule has 72 valence electrons. The molecule has 0 aromatic heterocycles. The Balaban J connectivity index is 0.00000144. The van der Waals surface area contributed by atoms with E-state index >= 15 is 0 Å². The number of nitrogens with two attached hydrogens (primary N) is 2. The van der Waals surface area contributed by atoms with E-state index in [2.05, 4.69) is 0 Å². The first-order valence-electron chi connectivity index (χ1n) is 4.31. The van der Waals surface area contributed by atoms with E-state index in [1.165, 1.54) is 0 Å². The van der Waals surface area contributed by atoms with E-state index < -0.39 is 11.5 Å². The van der Waals surface area contributed by atoms with Crippen molar-refractivity contribution in [2.24, 2.45) is 11.5 Å². The van der Waals surface area contributed by atoms with Gasteiger partial charge in [0.15, 0.2) is 0 Å². The normalized spacial score (nSPS) is 33.5. The first-order chi connectivity index (χ1) is 5.54. The van der Waals surface area contributed by atoms with Crippen LogP contribution in [0.5, 0.6) is 0 Å². The molecule has 4 nitrogen and oxygen atoms in total. The molecule has 0 aromatic carbocycles. The SMILES string of the molecule is NC1CCCCC1(N)CC(=O)O.[Zn]. The number of hydrogen-bond acceptors (Lipinski definition) is 3. The van der Waals surface area contributed by atoms with Gasteiger partial charge in [-0.15, -0.1) is 0 Å². The molecule has 1 aliphatic carbocycles. The van der Waals surface area contributed by atoms with Crippen LogP contribution in [0.2, 0.25) is 0 Å². The largest absolute Gasteiger partial charge is 0.481 e. The summed E-state index contributed by atoms with van der Waals surface area (Å²) in [4.78, 5) is 10.5. The topological polar surface area (TPSA) is 89.3 Å². The predicted octanol–water partition coefficient (Wildman–Crippen LogP) is 0.0574. The molecular weight excluding hydrogens is 221 g/mol. The van der Waals surface area contributed by atoms with E-state index in [-0.39, 0.29) is 31.9 Å². The smallest absolute Gasteiger partial charge is 0.305 e. The molecule has 0 heterocycles. The van der Waals surface area contributed by atoms with E-state index in [1.54, 1.807) is 0 Å². The van der Waals surface area contributed by atoms with Crippen LogP contribution >= 0.6 is 0 Å². The van der Waals surface area contributed by atoms with Gasteiger partial charge in [-0.05, 0) is 12.8 Å². The zero-order valence-electron chi connectivity index (χ0n) is 7.83. The molecule has 2 atom stereocenters. The minimum Gasteiger partial charge on any atom is -0.481 e. The third kappa shape index (κ3) is 3.33. The molecule has 0 saturated heterocycles. The van der Waals surface area contributed by atoms with Crippen LogP contribution in [0, 0.1) is 0 Å². The summed E-state index contributed by atoms with van der Waals surface area (Å²) in [5.41, 5.74) is 11.0. The van der Waals surface area contributed by atoms with E-state index in [9.17, 15) is 4.79 Å². The van der Waals surface area contributed by atoms with Crippen LogP contribution < -0.4 is 11.5 Å². The van der Waals surface area contributed by atoms with Gasteiger partial charge < -0.3 is 16.6 Å². The summed E-state index contributed by atoms with van der Waals surface area (Å²) in [5.74, 6) is -0.852. The maximum absolute atomic E-state index is 10.5. The number of carbonyl (C=O) groups is 1. The van der Waals surface area contributed by atoms with Crippen molar-refractivity contribution in [2.45, 2.75) is 43.7 Å². The fourth-order valence-corrected chi connectivity index (χ4v) is 1.79. The molecule has 0 radical (unpaired) electrons. The second-order valence-electron chi connectivity index (χ2n) is 3.66. The van der Waals surface area contributed by atoms with Crippen LogP contribution in [-0.4, -0.2) is 22.7 Å². The summed E-state index contributed by atoms with van der Waals surface area (Å²) < 4.78 is 0. The molecular formula is C8H16N2O2Zn. The Morgan fingerprint density at radius 2 is 2.15 bits per heavy atom. The molecule has 1 saturated carbocycles. The average Bonchev–Trinajstić information content (AvgIpc) is 1.94. The summed E-state index contributed by atoms with van der Waals surface area (Å²) in [7, 11) is 0. The van der Waals surface area contributed by atoms with E-state index in [4.69, 9.17) is 16.6 Å². The Morgan fingerprint density at radius 3 is 2.62 bits per heavy atom. The Bertz CT molecular complexity index is 189. The van der Waals surface area contributed by atoms with Crippen LogP contribution in [0.25, 0.3) is 0 Å². The third-order valence-electron chi connectivity index (χ3n) is 2.63. The number of rotatable bonds is 2. The minimum absolute atomic E-state index is 0. The van der Waals surface area contributed by atoms with Gasteiger partial charge in [0.2, 0.25) is 0 Å². The zero-order valence-corrected chi connectivity index (χ0v) is 10.8. The summed E-state index contributed by atoms with van der Waals surface area (Å²) in [6, 6.07) is -0.151. The number of hydrogen-bond donors (Lipinski definition) is 3. The van der Waals surface area contributed by atoms with Crippen LogP contribution in [-0.2, 0) is 24.3 Å². The van der Waals surface area contributed by atoms with E-state index in [0.29, 0.717) is 0 Å². The second kappa shape index (κ2) is 5.03. The maximum Gasteiger partial charge on any atom is 0.305 e. The quantitative estimate of drug-likeness (QED) is 0.593. The predicted molar refractivity (Wildman–Crippen MR) is 45.6 cm³/mol. The van der Waals surface area contributed by atoms with Gasteiger partial charge in [-0.25, -0.2) is 0 Å². The van der Waals surface area contributed by atoms with E-state index in [0.717, 1.165) is 25.7 Å². The first-order valence-corrected chi connectivity index (χ1v) is 4.31. The first kappa shape index (κ1) is 13.0. The van der Waals surface area contributed by atoms with Crippen molar-refractivity contribution in [1.82, 2.24) is 0 Å². The van der Waals surface area contributed by atoms with Gasteiger partial charge in [0, 0.05) is 31.1 Å². The maximum atomic E-state index is 10.5. The molecule has 5 N–H and O–H groups in total. The van der Waals surface area contributed by atoms with E-state index in [1.807, 2.05) is 0 Å². The fraction of sp³-hybridized carbons (Fsp3) is 0.875. The second-order valence-corrected chi connectivity index (χ2v) is 3.66. The molecule has 0 aliphatic heterocycles. The molecule has 0 bridgehead atoms. The van der Waals surface area contributed by atoms with Crippen molar-refractivity contribution in [3.05, 3.63) is 0 Å². The summed E-state index contributed by atoms with van der Waals surface area (Å²) in [6.45, 7) is 0. The Labute approximate surface area is 90.8 Å². The van der Waals surface area contributed by atoms with Crippen LogP contribution in [0.15, 0.2) is 0 Å². The Kier molecular flexibility index (Phi) is 5.04. The Hall–Kier alpha value is 0.0134. The zero-order chi connectivity index (χ0) is 9.19. The van der Waals surface area contributed by atoms with Crippen LogP contribution in [0.4, 0.5) is 0 Å². The molecule has 1 fully saturated rings. The number of carboxylic acid groups (broad SMARTS) is 1. The third-order valence-corrected chi connectivity index (χ3v) is 2.63. The van der Waals surface area contributed by atoms with Crippen molar-refractivity contribution in [2.75, 3.05) is 0 Å². The van der Waals surface area contributed by atoms with Crippen molar-refractivity contribution in [3.8, 4) is 0 Å². The molecule has 1 aliphatic rings. The van der Waals surface area contributed by atoms with Gasteiger partial charge >= 0.3 is 5.97 Å². The van der Waals surface area contributed by atoms with Crippen molar-refractivity contribution < 1.29 is 29.4 Å². The van der Waals surface area contributed by atoms with Gasteiger partial charge in [0.25, 0.3) is 0 Å². The van der Waals surface area contributed by atoms with Gasteiger partial charge in [-0.3, -0.25) is 4.79 Å². The van der Waals surface area contributed by atoms with Crippen molar-refractivity contribution in [1.29, 1.82) is 0 Å². The monoisotopic (exact) mass is 236 g/mol. The summed E-state index contributed by atoms with van der Waals surface area (Å²) in [6.07, 6.45) is 3.65. The van der Waals surface area contributed by atoms with Gasteiger partial charge in [0.05, 0.1) is 6.42 Å². The molecule has 1 rings (SSSR count). The molecule has 0 spiro atoms. The Morgan fingerprint density at radius 1 is 1.54 bits per heavy atom. The number of aliphatic carboxylic acids is 1. The molecule has 13 heavy (non-hydrogen) atoms. The average molecular weight is 238 g/mol. The van der Waals surface area contributed by atoms with Crippen molar-refractivity contribution >= 4 is 5.97 Å². The minimum atomic E-state index is -0.852.